The van der Waals surface area contributed by atoms with Gasteiger partial charge in [0.15, 0.2) is 12.5 Å². The zero-order chi connectivity index (χ0) is 27.8. The average Bonchev–Trinajstić information content (AvgIpc) is 3.03. The number of ketones is 1. The van der Waals surface area contributed by atoms with E-state index in [0.717, 1.165) is 56.9 Å². The molecule has 0 bridgehead atoms. The van der Waals surface area contributed by atoms with Crippen LogP contribution in [-0.2, 0) is 19.0 Å². The Kier molecular flexibility index (Phi) is 10.4. The number of unbranched alkanes of at least 4 members (excludes halogenated alkanes) is 2. The number of benzene rings is 1. The molecular formula is C30H42N2O7. The molecule has 2 saturated heterocycles. The van der Waals surface area contributed by atoms with Crippen molar-refractivity contribution in [2.45, 2.75) is 96.6 Å². The third-order valence-corrected chi connectivity index (χ3v) is 7.56. The van der Waals surface area contributed by atoms with Gasteiger partial charge in [0.25, 0.3) is 5.91 Å². The maximum absolute atomic E-state index is 13.9. The van der Waals surface area contributed by atoms with Gasteiger partial charge in [-0.05, 0) is 83.3 Å². The Morgan fingerprint density at radius 1 is 1.13 bits per heavy atom. The smallest absolute Gasteiger partial charge is 0.416 e. The van der Waals surface area contributed by atoms with E-state index < -0.39 is 18.6 Å². The topological polar surface area (TPSA) is 94.6 Å². The van der Waals surface area contributed by atoms with Crippen LogP contribution in [0.3, 0.4) is 0 Å². The van der Waals surface area contributed by atoms with Gasteiger partial charge in [-0.3, -0.25) is 4.79 Å². The third kappa shape index (κ3) is 7.19. The molecule has 3 heterocycles. The van der Waals surface area contributed by atoms with Gasteiger partial charge in [-0.15, -0.1) is 0 Å². The lowest BCUT2D eigenvalue weighted by Crippen LogP contribution is -2.57. The number of hydrogen-bond acceptors (Lipinski definition) is 7. The van der Waals surface area contributed by atoms with Crippen molar-refractivity contribution in [2.24, 2.45) is 0 Å². The van der Waals surface area contributed by atoms with Gasteiger partial charge in [-0.2, -0.15) is 0 Å². The van der Waals surface area contributed by atoms with Crippen molar-refractivity contribution in [2.75, 3.05) is 31.3 Å². The van der Waals surface area contributed by atoms with Gasteiger partial charge in [0.1, 0.15) is 18.1 Å². The number of ether oxygens (including phenoxy) is 4. The Labute approximate surface area is 231 Å². The van der Waals surface area contributed by atoms with Crippen LogP contribution in [0, 0.1) is 6.92 Å². The second kappa shape index (κ2) is 13.9. The molecule has 3 aliphatic heterocycles. The normalized spacial score (nSPS) is 22.9. The molecule has 0 saturated carbocycles. The van der Waals surface area contributed by atoms with Crippen molar-refractivity contribution in [3.05, 3.63) is 35.9 Å². The number of amides is 2. The number of hydrogen-bond donors (Lipinski definition) is 0. The Morgan fingerprint density at radius 2 is 1.95 bits per heavy atom. The molecule has 0 spiro atoms. The largest absolute Gasteiger partial charge is 0.493 e. The van der Waals surface area contributed by atoms with Crippen LogP contribution in [-0.4, -0.2) is 67.6 Å². The van der Waals surface area contributed by atoms with Gasteiger partial charge in [0, 0.05) is 25.6 Å². The number of carbonyl (C=O) groups is 3. The first-order valence-electron chi connectivity index (χ1n) is 14.3. The average molecular weight is 543 g/mol. The van der Waals surface area contributed by atoms with Crippen LogP contribution in [0.5, 0.6) is 5.75 Å². The summed E-state index contributed by atoms with van der Waals surface area (Å²) in [5.41, 5.74) is 1.66. The van der Waals surface area contributed by atoms with Crippen LogP contribution in [0.2, 0.25) is 0 Å². The maximum atomic E-state index is 13.9. The lowest BCUT2D eigenvalue weighted by molar-refractivity contribution is -0.198. The highest BCUT2D eigenvalue weighted by Gasteiger charge is 2.46. The van der Waals surface area contributed by atoms with Crippen LogP contribution >= 0.6 is 0 Å². The molecule has 0 aliphatic carbocycles. The predicted octanol–water partition coefficient (Wildman–Crippen LogP) is 5.53. The number of aryl methyl sites for hydroxylation is 1. The van der Waals surface area contributed by atoms with Crippen molar-refractivity contribution in [1.29, 1.82) is 0 Å². The summed E-state index contributed by atoms with van der Waals surface area (Å²) in [7, 11) is 0. The number of carbonyl (C=O) groups excluding carboxylic acids is 3. The molecule has 214 valence electrons. The molecule has 0 N–H and O–H groups in total. The van der Waals surface area contributed by atoms with Gasteiger partial charge in [-0.25, -0.2) is 9.69 Å². The van der Waals surface area contributed by atoms with E-state index in [0.29, 0.717) is 49.6 Å². The highest BCUT2D eigenvalue weighted by atomic mass is 16.7. The zero-order valence-electron chi connectivity index (χ0n) is 23.3. The second-order valence-electron chi connectivity index (χ2n) is 10.6. The molecule has 39 heavy (non-hydrogen) atoms. The monoisotopic (exact) mass is 542 g/mol. The molecule has 3 atom stereocenters. The van der Waals surface area contributed by atoms with Crippen molar-refractivity contribution >= 4 is 23.5 Å². The minimum absolute atomic E-state index is 0.0368. The molecule has 1 aromatic rings. The fourth-order valence-electron chi connectivity index (χ4n) is 5.54. The van der Waals surface area contributed by atoms with Crippen LogP contribution < -0.4 is 9.64 Å². The van der Waals surface area contributed by atoms with Crippen molar-refractivity contribution < 1.29 is 33.3 Å². The van der Waals surface area contributed by atoms with Crippen LogP contribution in [0.4, 0.5) is 10.5 Å². The van der Waals surface area contributed by atoms with E-state index in [4.69, 9.17) is 18.9 Å². The highest BCUT2D eigenvalue weighted by Crippen LogP contribution is 2.40. The fourth-order valence-corrected chi connectivity index (χ4v) is 5.54. The van der Waals surface area contributed by atoms with E-state index in [2.05, 4.69) is 6.58 Å². The van der Waals surface area contributed by atoms with E-state index in [1.54, 1.807) is 13.0 Å². The number of Topliss-reactive ketones (excluding diaryl/α,β-unsaturated/α-hetero) is 1. The first kappa shape index (κ1) is 29.1. The molecule has 2 amide bonds. The van der Waals surface area contributed by atoms with E-state index in [9.17, 15) is 14.4 Å². The van der Waals surface area contributed by atoms with Gasteiger partial charge >= 0.3 is 6.09 Å². The van der Waals surface area contributed by atoms with Gasteiger partial charge in [0.05, 0.1) is 23.9 Å². The maximum Gasteiger partial charge on any atom is 0.416 e. The second-order valence-corrected chi connectivity index (χ2v) is 10.6. The molecule has 1 unspecified atom stereocenters. The van der Waals surface area contributed by atoms with E-state index in [1.807, 2.05) is 17.9 Å². The number of fused-ring (bicyclic) bond motifs is 2. The Morgan fingerprint density at radius 3 is 2.69 bits per heavy atom. The minimum Gasteiger partial charge on any atom is -0.493 e. The van der Waals surface area contributed by atoms with E-state index in [-0.39, 0.29) is 24.3 Å². The van der Waals surface area contributed by atoms with Gasteiger partial charge < -0.3 is 28.6 Å². The van der Waals surface area contributed by atoms with Gasteiger partial charge in [0.2, 0.25) is 0 Å². The highest BCUT2D eigenvalue weighted by molar-refractivity contribution is 6.05. The van der Waals surface area contributed by atoms with E-state index in [1.165, 1.54) is 11.0 Å². The molecule has 4 rings (SSSR count). The number of anilines is 1. The molecule has 0 radical (unpaired) electrons. The molecule has 9 nitrogen and oxygen atoms in total. The molecule has 1 aromatic carbocycles. The van der Waals surface area contributed by atoms with Crippen LogP contribution in [0.1, 0.15) is 87.1 Å². The summed E-state index contributed by atoms with van der Waals surface area (Å²) < 4.78 is 24.1. The summed E-state index contributed by atoms with van der Waals surface area (Å²) in [6.07, 6.45) is 8.00. The summed E-state index contributed by atoms with van der Waals surface area (Å²) in [6.45, 7) is 8.89. The molecule has 2 fully saturated rings. The number of nitrogens with zero attached hydrogens (tertiary/aromatic N) is 2. The van der Waals surface area contributed by atoms with Crippen molar-refractivity contribution in [1.82, 2.24) is 4.90 Å². The number of piperidine rings is 1. The summed E-state index contributed by atoms with van der Waals surface area (Å²) in [6, 6.07) is 3.25. The van der Waals surface area contributed by atoms with E-state index >= 15 is 0 Å². The number of rotatable bonds is 11. The Hall–Kier alpha value is -2.91. The van der Waals surface area contributed by atoms with Crippen LogP contribution in [0.25, 0.3) is 0 Å². The zero-order valence-corrected chi connectivity index (χ0v) is 23.3. The summed E-state index contributed by atoms with van der Waals surface area (Å²) >= 11 is 0. The fraction of sp³-hybridized carbons (Fsp3) is 0.633. The summed E-state index contributed by atoms with van der Waals surface area (Å²) in [5, 5.41) is 0. The Bertz CT molecular complexity index is 1040. The predicted molar refractivity (Wildman–Crippen MR) is 147 cm³/mol. The van der Waals surface area contributed by atoms with Crippen molar-refractivity contribution in [3.8, 4) is 5.75 Å². The minimum atomic E-state index is -0.766. The standard InChI is InChI=1S/C30H42N2O7/c1-4-16-38-30(35)32-25-20-26(36-17-10-5-6-12-22(3)33)21(2)19-23(25)28(34)31-15-9-7-13-24(31)29(32)39-27-14-8-11-18-37-27/h4,19-20,24,27,29H,1,5-18H2,2-3H3/t24-,27?,29-/m0/s1. The summed E-state index contributed by atoms with van der Waals surface area (Å²) in [4.78, 5) is 42.1. The molecule has 3 aliphatic rings. The SMILES string of the molecule is C=CCOC(=O)N1c2cc(OCCCCCC(C)=O)c(C)cc2C(=O)N2CCCC[C@H]2[C@@H]1OC1CCCCO1. The lowest BCUT2D eigenvalue weighted by atomic mass is 10.00. The van der Waals surface area contributed by atoms with Crippen LogP contribution in [0.15, 0.2) is 24.8 Å². The molecule has 0 aromatic heterocycles. The van der Waals surface area contributed by atoms with Crippen molar-refractivity contribution in [3.63, 3.8) is 0 Å². The first-order chi connectivity index (χ1) is 18.9. The quantitative estimate of drug-likeness (QED) is 0.268. The van der Waals surface area contributed by atoms with Gasteiger partial charge in [-0.1, -0.05) is 12.7 Å². The molecule has 9 heteroatoms. The lowest BCUT2D eigenvalue weighted by Gasteiger charge is -2.42. The first-order valence-corrected chi connectivity index (χ1v) is 14.3. The molecular weight excluding hydrogens is 500 g/mol. The third-order valence-electron chi connectivity index (χ3n) is 7.56. The Balaban J connectivity index is 1.68. The summed E-state index contributed by atoms with van der Waals surface area (Å²) in [5.74, 6) is 0.672.